The van der Waals surface area contributed by atoms with Crippen LogP contribution in [0.3, 0.4) is 0 Å². The molecule has 1 aliphatic carbocycles. The molecule has 1 amide bonds. The van der Waals surface area contributed by atoms with Crippen molar-refractivity contribution in [3.8, 4) is 11.5 Å². The van der Waals surface area contributed by atoms with Crippen LogP contribution in [-0.4, -0.2) is 55.8 Å². The van der Waals surface area contributed by atoms with Crippen molar-refractivity contribution in [3.63, 3.8) is 0 Å². The molecule has 3 aliphatic rings. The molecule has 3 aromatic heterocycles. The molecule has 1 spiro atoms. The summed E-state index contributed by atoms with van der Waals surface area (Å²) < 4.78 is 7.88. The minimum Gasteiger partial charge on any atom is -0.439 e. The molecule has 0 saturated carbocycles. The van der Waals surface area contributed by atoms with Crippen LogP contribution in [0.4, 0.5) is 10.7 Å². The summed E-state index contributed by atoms with van der Waals surface area (Å²) in [7, 11) is 0. The summed E-state index contributed by atoms with van der Waals surface area (Å²) in [6, 6.07) is 4.17. The fourth-order valence-electron chi connectivity index (χ4n) is 5.10. The summed E-state index contributed by atoms with van der Waals surface area (Å²) in [5.74, 6) is 1.61. The minimum atomic E-state index is -0.511. The second-order valence-corrected chi connectivity index (χ2v) is 9.75. The van der Waals surface area contributed by atoms with Crippen LogP contribution in [-0.2, 0) is 24.1 Å². The fourth-order valence-corrected chi connectivity index (χ4v) is 5.79. The molecule has 6 rings (SSSR count). The Bertz CT molecular complexity index is 1120. The Morgan fingerprint density at radius 2 is 2.23 bits per heavy atom. The van der Waals surface area contributed by atoms with Crippen molar-refractivity contribution in [2.24, 2.45) is 0 Å². The highest BCUT2D eigenvalue weighted by Crippen LogP contribution is 2.37. The van der Waals surface area contributed by atoms with Crippen LogP contribution in [0, 0.1) is 0 Å². The normalized spacial score (nSPS) is 25.1. The highest BCUT2D eigenvalue weighted by molar-refractivity contribution is 7.09. The van der Waals surface area contributed by atoms with Crippen molar-refractivity contribution in [3.05, 3.63) is 33.6 Å². The first kappa shape index (κ1) is 18.9. The van der Waals surface area contributed by atoms with E-state index in [9.17, 15) is 4.79 Å². The van der Waals surface area contributed by atoms with Crippen molar-refractivity contribution in [1.29, 1.82) is 0 Å². The molecule has 10 heteroatoms. The van der Waals surface area contributed by atoms with Gasteiger partial charge < -0.3 is 15.0 Å². The fraction of sp³-hybridized carbons (Fsp3) is 0.524. The molecule has 9 nitrogen and oxygen atoms in total. The molecule has 2 saturated heterocycles. The molecule has 2 N–H and O–H groups in total. The molecule has 162 valence electrons. The van der Waals surface area contributed by atoms with Gasteiger partial charge in [0.05, 0.1) is 19.1 Å². The van der Waals surface area contributed by atoms with Gasteiger partial charge in [0, 0.05) is 29.1 Å². The lowest BCUT2D eigenvalue weighted by molar-refractivity contribution is 0.0583. The van der Waals surface area contributed by atoms with E-state index < -0.39 is 5.60 Å². The number of aromatic amines is 1. The van der Waals surface area contributed by atoms with Gasteiger partial charge in [-0.25, -0.2) is 4.79 Å². The van der Waals surface area contributed by atoms with Crippen molar-refractivity contribution in [1.82, 2.24) is 30.3 Å². The van der Waals surface area contributed by atoms with Crippen molar-refractivity contribution >= 4 is 23.4 Å². The third-order valence-corrected chi connectivity index (χ3v) is 7.72. The quantitative estimate of drug-likeness (QED) is 0.648. The van der Waals surface area contributed by atoms with Crippen LogP contribution in [0.5, 0.6) is 0 Å². The van der Waals surface area contributed by atoms with Gasteiger partial charge in [-0.1, -0.05) is 6.07 Å². The summed E-state index contributed by atoms with van der Waals surface area (Å²) in [6.45, 7) is 4.06. The first-order valence-electron chi connectivity index (χ1n) is 10.9. The Morgan fingerprint density at radius 1 is 1.32 bits per heavy atom. The molecule has 31 heavy (non-hydrogen) atoms. The molecule has 2 atom stereocenters. The number of carbonyl (C=O) groups excluding carboxylic acids is 1. The predicted molar refractivity (Wildman–Crippen MR) is 116 cm³/mol. The zero-order valence-corrected chi connectivity index (χ0v) is 18.2. The van der Waals surface area contributed by atoms with Crippen LogP contribution in [0.15, 0.2) is 17.5 Å². The van der Waals surface area contributed by atoms with E-state index in [1.807, 2.05) is 6.92 Å². The first-order valence-corrected chi connectivity index (χ1v) is 11.8. The van der Waals surface area contributed by atoms with Gasteiger partial charge in [-0.05, 0) is 44.1 Å². The van der Waals surface area contributed by atoms with E-state index >= 15 is 0 Å². The van der Waals surface area contributed by atoms with E-state index in [2.05, 4.69) is 52.7 Å². The lowest BCUT2D eigenvalue weighted by Crippen LogP contribution is -2.44. The number of alkyl carbamates (subject to hydrolysis) is 1. The number of aromatic nitrogens is 5. The lowest BCUT2D eigenvalue weighted by Gasteiger charge is -2.26. The zero-order valence-electron chi connectivity index (χ0n) is 17.4. The average Bonchev–Trinajstić information content (AvgIpc) is 3.56. The molecule has 2 aliphatic heterocycles. The van der Waals surface area contributed by atoms with Crippen LogP contribution in [0.2, 0.25) is 0 Å². The monoisotopic (exact) mass is 439 g/mol. The smallest absolute Gasteiger partial charge is 0.408 e. The number of nitrogens with zero attached hydrogens (tertiary/aromatic N) is 5. The topological polar surface area (TPSA) is 101 Å². The van der Waals surface area contributed by atoms with Crippen LogP contribution in [0.25, 0.3) is 11.5 Å². The van der Waals surface area contributed by atoms with Crippen LogP contribution >= 0.6 is 11.3 Å². The Balaban J connectivity index is 1.39. The number of carbonyl (C=O) groups is 1. The zero-order chi connectivity index (χ0) is 21.0. The van der Waals surface area contributed by atoms with Crippen molar-refractivity contribution in [2.45, 2.75) is 57.2 Å². The second-order valence-electron chi connectivity index (χ2n) is 8.72. The van der Waals surface area contributed by atoms with Gasteiger partial charge in [0.2, 0.25) is 5.95 Å². The number of hydrogen-bond donors (Lipinski definition) is 2. The Hall–Kier alpha value is -2.88. The molecule has 5 heterocycles. The van der Waals surface area contributed by atoms with Gasteiger partial charge in [-0.15, -0.1) is 21.5 Å². The van der Waals surface area contributed by atoms with E-state index in [-0.39, 0.29) is 12.1 Å². The second kappa shape index (κ2) is 7.08. The molecule has 3 aromatic rings. The molecule has 2 unspecified atom stereocenters. The van der Waals surface area contributed by atoms with Crippen LogP contribution < -0.4 is 10.2 Å². The molecule has 0 aromatic carbocycles. The van der Waals surface area contributed by atoms with Gasteiger partial charge in [-0.3, -0.25) is 9.67 Å². The maximum Gasteiger partial charge on any atom is 0.408 e. The van der Waals surface area contributed by atoms with Gasteiger partial charge in [0.25, 0.3) is 0 Å². The Morgan fingerprint density at radius 3 is 3.03 bits per heavy atom. The number of fused-ring (bicyclic) bond motifs is 1. The minimum absolute atomic E-state index is 0.0310. The third kappa shape index (κ3) is 3.03. The largest absolute Gasteiger partial charge is 0.439 e. The number of H-pyrrole nitrogens is 1. The maximum absolute atomic E-state index is 11.8. The standard InChI is InChI=1S/C21H25N7O2S/c1-13-21(30-20(29)22-13)8-9-27(12-21)19-26-25-18(28(19)11-14-5-4-10-31-14)17-15-6-2-3-7-16(15)23-24-17/h4-5,10,13H,2-3,6-9,11-12H2,1H3,(H,22,29)(H,23,24). The van der Waals surface area contributed by atoms with E-state index in [4.69, 9.17) is 4.74 Å². The summed E-state index contributed by atoms with van der Waals surface area (Å²) >= 11 is 1.72. The summed E-state index contributed by atoms with van der Waals surface area (Å²) in [4.78, 5) is 15.3. The molecular formula is C21H25N7O2S. The van der Waals surface area contributed by atoms with Gasteiger partial charge in [0.15, 0.2) is 11.4 Å². The highest BCUT2D eigenvalue weighted by Gasteiger charge is 2.52. The van der Waals surface area contributed by atoms with E-state index in [0.29, 0.717) is 13.1 Å². The number of rotatable bonds is 4. The number of anilines is 1. The summed E-state index contributed by atoms with van der Waals surface area (Å²) in [6.07, 6.45) is 4.87. The van der Waals surface area contributed by atoms with Gasteiger partial charge in [0.1, 0.15) is 5.69 Å². The van der Waals surface area contributed by atoms with Gasteiger partial charge in [-0.2, -0.15) is 5.10 Å². The Kier molecular flexibility index (Phi) is 4.31. The number of thiophene rings is 1. The van der Waals surface area contributed by atoms with Crippen molar-refractivity contribution in [2.75, 3.05) is 18.0 Å². The SMILES string of the molecule is CC1NC(=O)OC12CCN(c1nnc(-c3n[nH]c4c3CCCC4)n1Cc1cccs1)C2. The van der Waals surface area contributed by atoms with Gasteiger partial charge >= 0.3 is 6.09 Å². The number of ether oxygens (including phenoxy) is 1. The summed E-state index contributed by atoms with van der Waals surface area (Å²) in [5.41, 5.74) is 2.91. The third-order valence-electron chi connectivity index (χ3n) is 6.86. The molecule has 2 fully saturated rings. The van der Waals surface area contributed by atoms with Crippen LogP contribution in [0.1, 0.15) is 42.3 Å². The number of nitrogens with one attached hydrogen (secondary N) is 2. The number of aryl methyl sites for hydroxylation is 1. The average molecular weight is 440 g/mol. The number of hydrogen-bond acceptors (Lipinski definition) is 7. The molecule has 0 radical (unpaired) electrons. The Labute approximate surface area is 183 Å². The van der Waals surface area contributed by atoms with E-state index in [1.165, 1.54) is 29.0 Å². The first-order chi connectivity index (χ1) is 15.1. The maximum atomic E-state index is 11.8. The molecule has 0 bridgehead atoms. The predicted octanol–water partition coefficient (Wildman–Crippen LogP) is 2.73. The lowest BCUT2D eigenvalue weighted by atomic mass is 9.95. The summed E-state index contributed by atoms with van der Waals surface area (Å²) in [5, 5.41) is 22.1. The van der Waals surface area contributed by atoms with E-state index in [0.717, 1.165) is 43.3 Å². The molecular weight excluding hydrogens is 414 g/mol. The highest BCUT2D eigenvalue weighted by atomic mass is 32.1. The van der Waals surface area contributed by atoms with Crippen molar-refractivity contribution < 1.29 is 9.53 Å². The number of amides is 1. The van der Waals surface area contributed by atoms with E-state index in [1.54, 1.807) is 11.3 Å².